The van der Waals surface area contributed by atoms with E-state index < -0.39 is 151 Å². The number of esters is 10. The summed E-state index contributed by atoms with van der Waals surface area (Å²) in [6.45, 7) is 62.1. The van der Waals surface area contributed by atoms with Gasteiger partial charge in [0.15, 0.2) is 23.1 Å². The highest BCUT2D eigenvalue weighted by atomic mass is 28.3. The second-order valence-corrected chi connectivity index (χ2v) is 44.4. The Morgan fingerprint density at radius 2 is 0.356 bits per heavy atom. The van der Waals surface area contributed by atoms with E-state index in [0.717, 1.165) is 57.9 Å². The normalized spacial score (nSPS) is 11.4. The molecule has 0 aliphatic heterocycles. The Hall–Kier alpha value is -16.2. The summed E-state index contributed by atoms with van der Waals surface area (Å²) in [6, 6.07) is 50.6. The molecule has 0 saturated carbocycles. The van der Waals surface area contributed by atoms with Crippen molar-refractivity contribution < 1.29 is 157 Å². The van der Waals surface area contributed by atoms with Gasteiger partial charge in [-0.3, -0.25) is 0 Å². The first-order chi connectivity index (χ1) is 68.9. The molecule has 36 heteroatoms. The first-order valence-corrected chi connectivity index (χ1v) is 50.4. The highest BCUT2D eigenvalue weighted by Gasteiger charge is 2.74. The fourth-order valence-corrected chi connectivity index (χ4v) is 17.9. The van der Waals surface area contributed by atoms with E-state index >= 15 is 0 Å². The zero-order chi connectivity index (χ0) is 113. The van der Waals surface area contributed by atoms with Crippen molar-refractivity contribution in [3.05, 3.63) is 397 Å². The number of carbonyl (C=O) groups is 10. The second kappa shape index (κ2) is 50.2. The SMILES string of the molecule is C=C(C)C(=O)Oc1ccc(C(C)(C)c2ccc(OC(=O)C(=C)C)cc2)cc1.C=C(C)C(=O)Oc1ccc(C(c2ccc(OC(=O)C(=C)C)c(F)c2)(C(F)(F)F)C(F)(F)F)cc1.C=C(C)C(=O)Oc1ccc(C(c2ccc(OC(=O)C(=C)C)cc2)(C(F)(F)F)C(F)(F)F)cc1.C=C(C)C(=O)Oc1ccc([Si](C)(C)c2ccc(OC(=O)C(=C)C)c(F)c2)cc1.C=C(C)C(=O)Oc1ccc([Si](C)(C)c2ccc(OC(=O)C(=C)C)cc2)cc1. The molecule has 0 heterocycles. The lowest BCUT2D eigenvalue weighted by molar-refractivity contribution is -0.290. The molecule has 0 bridgehead atoms. The van der Waals surface area contributed by atoms with Crippen molar-refractivity contribution in [2.45, 2.75) is 150 Å². The maximum absolute atomic E-state index is 14.5. The molecule has 10 aromatic carbocycles. The summed E-state index contributed by atoms with van der Waals surface area (Å²) in [5, 5.41) is 4.27. The number of rotatable bonds is 30. The second-order valence-electron chi connectivity index (χ2n) is 35.5. The van der Waals surface area contributed by atoms with Crippen LogP contribution in [-0.4, -0.2) is 101 Å². The van der Waals surface area contributed by atoms with E-state index in [1.54, 1.807) is 101 Å². The number of carbonyl (C=O) groups excluding carboxylic acids is 10. The Morgan fingerprint density at radius 3 is 0.537 bits per heavy atom. The van der Waals surface area contributed by atoms with Crippen LogP contribution in [0.2, 0.25) is 26.2 Å². The van der Waals surface area contributed by atoms with Gasteiger partial charge in [-0.15, -0.1) is 0 Å². The quantitative estimate of drug-likeness (QED) is 0.0133. The van der Waals surface area contributed by atoms with Crippen molar-refractivity contribution in [2.24, 2.45) is 0 Å². The first-order valence-electron chi connectivity index (χ1n) is 44.4. The molecule has 0 amide bonds. The zero-order valence-electron chi connectivity index (χ0n) is 84.0. The Morgan fingerprint density at radius 1 is 0.208 bits per heavy atom. The molecule has 0 aromatic heterocycles. The molecule has 0 unspecified atom stereocenters. The molecule has 0 N–H and O–H groups in total. The number of hydrogen-bond donors (Lipinski definition) is 0. The molecule has 10 rings (SSSR count). The van der Waals surface area contributed by atoms with Crippen molar-refractivity contribution in [3.63, 3.8) is 0 Å². The van der Waals surface area contributed by atoms with Crippen molar-refractivity contribution in [1.29, 1.82) is 0 Å². The Balaban J connectivity index is 0.000000285. The average molecular weight is 2110 g/mol. The van der Waals surface area contributed by atoms with Crippen LogP contribution in [0.15, 0.2) is 352 Å². The van der Waals surface area contributed by atoms with Crippen LogP contribution < -0.4 is 68.1 Å². The molecule has 149 heavy (non-hydrogen) atoms. The molecule has 0 aliphatic carbocycles. The number of halogens is 14. The minimum Gasteiger partial charge on any atom is -0.423 e. The Kier molecular flexibility index (Phi) is 40.9. The third-order valence-electron chi connectivity index (χ3n) is 22.0. The van der Waals surface area contributed by atoms with Crippen molar-refractivity contribution in [3.8, 4) is 57.5 Å². The molecular weight excluding hydrogens is 2000 g/mol. The third-order valence-corrected chi connectivity index (χ3v) is 29.1. The van der Waals surface area contributed by atoms with Gasteiger partial charge in [0.2, 0.25) is 10.8 Å². The number of hydrogen-bond acceptors (Lipinski definition) is 20. The maximum atomic E-state index is 14.5. The van der Waals surface area contributed by atoms with Crippen LogP contribution in [0.5, 0.6) is 57.5 Å². The van der Waals surface area contributed by atoms with Gasteiger partial charge in [0, 0.05) is 61.1 Å². The maximum Gasteiger partial charge on any atom is 0.411 e. The fourth-order valence-electron chi connectivity index (χ4n) is 13.2. The van der Waals surface area contributed by atoms with Gasteiger partial charge in [-0.1, -0.05) is 236 Å². The van der Waals surface area contributed by atoms with Crippen molar-refractivity contribution in [2.75, 3.05) is 0 Å². The van der Waals surface area contributed by atoms with Gasteiger partial charge in [-0.05, 0) is 224 Å². The highest BCUT2D eigenvalue weighted by molar-refractivity contribution is 7.01. The Bertz CT molecular complexity index is 6390. The number of alkyl halides is 12. The summed E-state index contributed by atoms with van der Waals surface area (Å²) in [5.41, 5.74) is -10.6. The smallest absolute Gasteiger partial charge is 0.411 e. The van der Waals surface area contributed by atoms with E-state index in [0.29, 0.717) is 105 Å². The van der Waals surface area contributed by atoms with Gasteiger partial charge >= 0.3 is 84.4 Å². The summed E-state index contributed by atoms with van der Waals surface area (Å²) in [6.07, 6.45) is -23.6. The van der Waals surface area contributed by atoms with E-state index in [1.807, 2.05) is 60.7 Å². The topological polar surface area (TPSA) is 263 Å². The van der Waals surface area contributed by atoms with Gasteiger partial charge in [0.1, 0.15) is 62.1 Å². The largest absolute Gasteiger partial charge is 0.423 e. The summed E-state index contributed by atoms with van der Waals surface area (Å²) in [5.74, 6) is -8.42. The standard InChI is InChI=1S/C23H17F7O4.C23H18F6O4.C23H24O4.C22H23FO4Si.C22H24O4Si/c1-12(2)19(31)33-16-8-5-14(6-9-16)21(22(25,26)27,23(28,29)30)15-7-10-18(17(24)11-15)34-20(32)13(3)4;1-13(2)19(30)32-17-9-5-15(6-10-17)21(22(24,25)26,23(27,28)29)16-7-11-18(12-8-16)33-20(31)14(3)4;1-15(2)21(24)26-19-11-7-17(8-12-19)23(5,6)18-9-13-20(14-10-18)27-22(25)16(3)4;1-14(2)21(24)26-16-7-9-17(10-8-16)28(5,6)18-11-12-20(19(23)13-18)27-22(25)15(3)4;1-15(2)21(23)25-17-7-11-19(12-8-17)27(5,6)20-13-9-18(10-14-20)26-22(24)16(3)4/h5-11H,1,3H2,2,4H3;5-12H,1,3H2,2,4H3;7-14H,1,3H2,2,4-6H3;7-13H,1,3H2,2,4-6H3;7-14H,1,3H2,2,4-6H3. The van der Waals surface area contributed by atoms with E-state index in [9.17, 15) is 109 Å². The van der Waals surface area contributed by atoms with Crippen LogP contribution in [0.4, 0.5) is 61.5 Å². The van der Waals surface area contributed by atoms with Crippen LogP contribution in [0.3, 0.4) is 0 Å². The number of benzene rings is 10. The molecule has 0 spiro atoms. The summed E-state index contributed by atoms with van der Waals surface area (Å²) in [7, 11) is -4.15. The van der Waals surface area contributed by atoms with E-state index in [4.69, 9.17) is 42.6 Å². The molecule has 20 nitrogen and oxygen atoms in total. The first kappa shape index (κ1) is 121. The number of ether oxygens (including phenoxy) is 10. The molecule has 784 valence electrons. The molecule has 10 aromatic rings. The lowest BCUT2D eigenvalue weighted by atomic mass is 9.73. The van der Waals surface area contributed by atoms with Gasteiger partial charge in [-0.2, -0.15) is 52.7 Å². The minimum absolute atomic E-state index is 0.00295. The summed E-state index contributed by atoms with van der Waals surface area (Å²) in [4.78, 5) is 116. The molecular formula is C113H106F14O20Si2. The van der Waals surface area contributed by atoms with Gasteiger partial charge in [-0.25, -0.2) is 56.7 Å². The van der Waals surface area contributed by atoms with Crippen LogP contribution in [0, 0.1) is 11.6 Å². The molecule has 0 aliphatic rings. The Labute approximate surface area is 853 Å². The van der Waals surface area contributed by atoms with E-state index in [2.05, 4.69) is 111 Å². The van der Waals surface area contributed by atoms with Crippen LogP contribution in [-0.2, 0) is 64.2 Å². The molecule has 0 atom stereocenters. The average Bonchev–Trinajstić information content (AvgIpc) is 0.713. The fraction of sp³-hybridized carbons (Fsp3) is 0.204. The lowest BCUT2D eigenvalue weighted by Crippen LogP contribution is -2.54. The summed E-state index contributed by atoms with van der Waals surface area (Å²) >= 11 is 0. The van der Waals surface area contributed by atoms with Crippen LogP contribution in [0.25, 0.3) is 0 Å². The predicted molar refractivity (Wildman–Crippen MR) is 540 cm³/mol. The highest BCUT2D eigenvalue weighted by Crippen LogP contribution is 2.59. The van der Waals surface area contributed by atoms with Crippen molar-refractivity contribution >= 4 is 96.6 Å². The van der Waals surface area contributed by atoms with Gasteiger partial charge in [0.25, 0.3) is 0 Å². The van der Waals surface area contributed by atoms with Gasteiger partial charge in [0.05, 0.1) is 0 Å². The molecule has 0 saturated heterocycles. The zero-order valence-corrected chi connectivity index (χ0v) is 86.0. The van der Waals surface area contributed by atoms with Crippen LogP contribution in [0.1, 0.15) is 116 Å². The van der Waals surface area contributed by atoms with Crippen LogP contribution >= 0.6 is 0 Å². The van der Waals surface area contributed by atoms with E-state index in [1.165, 1.54) is 57.1 Å². The lowest BCUT2D eigenvalue weighted by Gasteiger charge is -2.38. The minimum atomic E-state index is -5.98. The predicted octanol–water partition coefficient (Wildman–Crippen LogP) is 24.3. The van der Waals surface area contributed by atoms with Crippen molar-refractivity contribution in [1.82, 2.24) is 0 Å². The molecule has 0 radical (unpaired) electrons. The monoisotopic (exact) mass is 2100 g/mol. The van der Waals surface area contributed by atoms with E-state index in [-0.39, 0.29) is 62.3 Å². The van der Waals surface area contributed by atoms with Gasteiger partial charge < -0.3 is 47.4 Å². The molecule has 0 fully saturated rings. The summed E-state index contributed by atoms with van der Waals surface area (Å²) < 4.78 is 249. The third kappa shape index (κ3) is 31.4.